The number of rotatable bonds is 3. The van der Waals surface area contributed by atoms with Crippen molar-refractivity contribution in [3.63, 3.8) is 0 Å². The van der Waals surface area contributed by atoms with E-state index < -0.39 is 0 Å². The van der Waals surface area contributed by atoms with Crippen LogP contribution in [0.1, 0.15) is 52.2 Å². The molecule has 1 saturated heterocycles. The molecule has 1 atom stereocenters. The smallest absolute Gasteiger partial charge is 0.221 e. The van der Waals surface area contributed by atoms with Crippen molar-refractivity contribution in [1.82, 2.24) is 5.32 Å². The Morgan fingerprint density at radius 2 is 1.74 bits per heavy atom. The summed E-state index contributed by atoms with van der Waals surface area (Å²) < 4.78 is 0. The van der Waals surface area contributed by atoms with E-state index in [9.17, 15) is 4.79 Å². The van der Waals surface area contributed by atoms with Gasteiger partial charge < -0.3 is 5.32 Å². The van der Waals surface area contributed by atoms with Gasteiger partial charge in [-0.1, -0.05) is 45.0 Å². The molecule has 1 aromatic rings. The van der Waals surface area contributed by atoms with E-state index in [1.807, 2.05) is 0 Å². The second kappa shape index (κ2) is 4.66. The van der Waals surface area contributed by atoms with Gasteiger partial charge in [0.1, 0.15) is 0 Å². The van der Waals surface area contributed by atoms with E-state index in [-0.39, 0.29) is 16.9 Å². The zero-order chi connectivity index (χ0) is 14.3. The van der Waals surface area contributed by atoms with Crippen LogP contribution < -0.4 is 5.32 Å². The van der Waals surface area contributed by atoms with E-state index in [0.717, 1.165) is 6.42 Å². The fourth-order valence-corrected chi connectivity index (χ4v) is 3.02. The van der Waals surface area contributed by atoms with E-state index >= 15 is 0 Å². The molecule has 0 bridgehead atoms. The lowest BCUT2D eigenvalue weighted by atomic mass is 9.69. The van der Waals surface area contributed by atoms with Crippen LogP contribution in [-0.2, 0) is 16.6 Å². The van der Waals surface area contributed by atoms with Gasteiger partial charge in [0.25, 0.3) is 0 Å². The Kier molecular flexibility index (Phi) is 3.46. The van der Waals surface area contributed by atoms with Crippen molar-refractivity contribution >= 4 is 5.91 Å². The summed E-state index contributed by atoms with van der Waals surface area (Å²) in [4.78, 5) is 11.7. The first kappa shape index (κ1) is 14.1. The monoisotopic (exact) mass is 259 g/mol. The van der Waals surface area contributed by atoms with Crippen LogP contribution in [-0.4, -0.2) is 11.4 Å². The maximum atomic E-state index is 11.7. The van der Waals surface area contributed by atoms with Crippen LogP contribution in [0.5, 0.6) is 0 Å². The first-order valence-corrected chi connectivity index (χ1v) is 7.15. The average Bonchev–Trinajstić information content (AvgIpc) is 2.48. The third kappa shape index (κ3) is 2.54. The lowest BCUT2D eigenvalue weighted by molar-refractivity contribution is -0.119. The van der Waals surface area contributed by atoms with E-state index in [1.165, 1.54) is 11.1 Å². The zero-order valence-electron chi connectivity index (χ0n) is 12.7. The third-order valence-corrected chi connectivity index (χ3v) is 4.58. The summed E-state index contributed by atoms with van der Waals surface area (Å²) in [5.41, 5.74) is 2.31. The Balaban J connectivity index is 2.29. The Morgan fingerprint density at radius 1 is 1.16 bits per heavy atom. The maximum Gasteiger partial charge on any atom is 0.221 e. The van der Waals surface area contributed by atoms with Crippen molar-refractivity contribution in [1.29, 1.82) is 0 Å². The highest BCUT2D eigenvalue weighted by Crippen LogP contribution is 2.42. The highest BCUT2D eigenvalue weighted by molar-refractivity contribution is 5.82. The van der Waals surface area contributed by atoms with E-state index in [0.29, 0.717) is 12.3 Å². The molecule has 2 rings (SSSR count). The predicted octanol–water partition coefficient (Wildman–Crippen LogP) is 3.44. The fraction of sp³-hybridized carbons (Fsp3) is 0.588. The number of hydrogen-bond acceptors (Lipinski definition) is 1. The highest BCUT2D eigenvalue weighted by atomic mass is 16.2. The van der Waals surface area contributed by atoms with Crippen LogP contribution in [0.3, 0.4) is 0 Å². The number of benzene rings is 1. The van der Waals surface area contributed by atoms with E-state index in [2.05, 4.69) is 64.2 Å². The van der Waals surface area contributed by atoms with Crippen molar-refractivity contribution in [3.8, 4) is 0 Å². The molecule has 1 amide bonds. The van der Waals surface area contributed by atoms with Crippen molar-refractivity contribution < 1.29 is 4.79 Å². The lowest BCUT2D eigenvalue weighted by Crippen LogP contribution is -2.48. The summed E-state index contributed by atoms with van der Waals surface area (Å²) >= 11 is 0. The molecule has 2 nitrogen and oxygen atoms in total. The van der Waals surface area contributed by atoms with Crippen LogP contribution in [0.15, 0.2) is 24.3 Å². The van der Waals surface area contributed by atoms with Gasteiger partial charge in [-0.2, -0.15) is 0 Å². The molecule has 1 aliphatic heterocycles. The molecule has 2 heteroatoms. The van der Waals surface area contributed by atoms with Crippen LogP contribution in [0.25, 0.3) is 0 Å². The molecule has 1 unspecified atom stereocenters. The minimum Gasteiger partial charge on any atom is -0.350 e. The molecule has 0 spiro atoms. The van der Waals surface area contributed by atoms with Gasteiger partial charge in [-0.25, -0.2) is 0 Å². The molecule has 0 aliphatic carbocycles. The largest absolute Gasteiger partial charge is 0.350 e. The van der Waals surface area contributed by atoms with Crippen molar-refractivity contribution in [2.45, 2.75) is 58.4 Å². The van der Waals surface area contributed by atoms with Crippen LogP contribution in [0.2, 0.25) is 0 Å². The summed E-state index contributed by atoms with van der Waals surface area (Å²) in [6.07, 6.45) is 1.68. The van der Waals surface area contributed by atoms with Gasteiger partial charge in [0.05, 0.1) is 0 Å². The molecule has 1 N–H and O–H groups in total. The van der Waals surface area contributed by atoms with Crippen molar-refractivity contribution in [3.05, 3.63) is 35.4 Å². The summed E-state index contributed by atoms with van der Waals surface area (Å²) in [6.45, 7) is 10.9. The topological polar surface area (TPSA) is 29.1 Å². The minimum atomic E-state index is -0.191. The van der Waals surface area contributed by atoms with Crippen LogP contribution in [0, 0.1) is 5.92 Å². The third-order valence-electron chi connectivity index (χ3n) is 4.58. The van der Waals surface area contributed by atoms with Gasteiger partial charge in [0.15, 0.2) is 0 Å². The van der Waals surface area contributed by atoms with Crippen molar-refractivity contribution in [2.24, 2.45) is 5.92 Å². The first-order valence-electron chi connectivity index (χ1n) is 7.15. The Hall–Kier alpha value is -1.31. The number of amides is 1. The lowest BCUT2D eigenvalue weighted by Gasteiger charge is -2.37. The standard InChI is InChI=1S/C17H25NO/c1-12(2)10-13-6-8-14(9-7-13)17(5)11-15(19)18-16(17,3)4/h6-9,12H,10-11H2,1-5H3,(H,18,19). The summed E-state index contributed by atoms with van der Waals surface area (Å²) in [7, 11) is 0. The molecule has 0 radical (unpaired) electrons. The second-order valence-electron chi connectivity index (χ2n) is 6.98. The Bertz CT molecular complexity index is 473. The molecular weight excluding hydrogens is 234 g/mol. The van der Waals surface area contributed by atoms with Gasteiger partial charge in [-0.15, -0.1) is 0 Å². The van der Waals surface area contributed by atoms with Gasteiger partial charge in [-0.3, -0.25) is 4.79 Å². The summed E-state index contributed by atoms with van der Waals surface area (Å²) in [6, 6.07) is 8.80. The Morgan fingerprint density at radius 3 is 2.16 bits per heavy atom. The molecule has 1 heterocycles. The van der Waals surface area contributed by atoms with Crippen molar-refractivity contribution in [2.75, 3.05) is 0 Å². The SMILES string of the molecule is CC(C)Cc1ccc(C2(C)CC(=O)NC2(C)C)cc1. The van der Waals surface area contributed by atoms with E-state index in [4.69, 9.17) is 0 Å². The molecule has 0 saturated carbocycles. The predicted molar refractivity (Wildman–Crippen MR) is 79.2 cm³/mol. The highest BCUT2D eigenvalue weighted by Gasteiger charge is 2.50. The van der Waals surface area contributed by atoms with Crippen LogP contribution in [0.4, 0.5) is 0 Å². The van der Waals surface area contributed by atoms with Crippen LogP contribution >= 0.6 is 0 Å². The Labute approximate surface area is 116 Å². The normalized spacial score (nSPS) is 25.7. The fourth-order valence-electron chi connectivity index (χ4n) is 3.02. The number of hydrogen-bond donors (Lipinski definition) is 1. The molecular formula is C17H25NO. The average molecular weight is 259 g/mol. The number of carbonyl (C=O) groups excluding carboxylic acids is 1. The quantitative estimate of drug-likeness (QED) is 0.885. The molecule has 1 aliphatic rings. The summed E-state index contributed by atoms with van der Waals surface area (Å²) in [5.74, 6) is 0.825. The molecule has 0 aromatic heterocycles. The van der Waals surface area contributed by atoms with Gasteiger partial charge in [0, 0.05) is 17.4 Å². The minimum absolute atomic E-state index is 0.125. The second-order valence-corrected chi connectivity index (χ2v) is 6.98. The molecule has 1 aromatic carbocycles. The van der Waals surface area contributed by atoms with Gasteiger partial charge >= 0.3 is 0 Å². The van der Waals surface area contributed by atoms with Gasteiger partial charge in [0.2, 0.25) is 5.91 Å². The van der Waals surface area contributed by atoms with Gasteiger partial charge in [-0.05, 0) is 37.3 Å². The number of nitrogens with one attached hydrogen (secondary N) is 1. The maximum absolute atomic E-state index is 11.7. The van der Waals surface area contributed by atoms with E-state index in [1.54, 1.807) is 0 Å². The molecule has 104 valence electrons. The first-order chi connectivity index (χ1) is 8.74. The number of carbonyl (C=O) groups is 1. The molecule has 19 heavy (non-hydrogen) atoms. The summed E-state index contributed by atoms with van der Waals surface area (Å²) in [5, 5.41) is 3.09. The molecule has 1 fully saturated rings. The zero-order valence-corrected chi connectivity index (χ0v) is 12.7.